The average Bonchev–Trinajstić information content (AvgIpc) is 3.66. The molecule has 8 nitrogen and oxygen atoms in total. The summed E-state index contributed by atoms with van der Waals surface area (Å²) in [6.07, 6.45) is 5.81. The van der Waals surface area contributed by atoms with Gasteiger partial charge >= 0.3 is 0 Å². The predicted octanol–water partition coefficient (Wildman–Crippen LogP) is 3.70. The molecule has 4 rings (SSSR count). The molecule has 1 amide bonds. The minimum Gasteiger partial charge on any atom is -0.496 e. The van der Waals surface area contributed by atoms with Crippen molar-refractivity contribution < 1.29 is 9.53 Å². The summed E-state index contributed by atoms with van der Waals surface area (Å²) in [5.74, 6) is 2.32. The largest absolute Gasteiger partial charge is 0.496 e. The molecule has 3 N–H and O–H groups in total. The van der Waals surface area contributed by atoms with Crippen molar-refractivity contribution >= 4 is 17.5 Å². The van der Waals surface area contributed by atoms with Gasteiger partial charge in [-0.2, -0.15) is 0 Å². The van der Waals surface area contributed by atoms with E-state index in [0.29, 0.717) is 23.9 Å². The van der Waals surface area contributed by atoms with Gasteiger partial charge in [0.05, 0.1) is 12.8 Å². The van der Waals surface area contributed by atoms with E-state index >= 15 is 0 Å². The molecule has 1 aromatic carbocycles. The molecule has 8 heteroatoms. The summed E-state index contributed by atoms with van der Waals surface area (Å²) in [4.78, 5) is 25.1. The molecule has 0 bridgehead atoms. The molecule has 0 spiro atoms. The molecular formula is C24H28N6O2. The Morgan fingerprint density at radius 1 is 1.12 bits per heavy atom. The number of rotatable bonds is 9. The number of methoxy groups -OCH3 is 1. The van der Waals surface area contributed by atoms with Crippen LogP contribution in [0, 0.1) is 0 Å². The normalized spacial score (nSPS) is 13.8. The summed E-state index contributed by atoms with van der Waals surface area (Å²) in [5, 5.41) is 9.40. The molecular weight excluding hydrogens is 404 g/mol. The smallest absolute Gasteiger partial charge is 0.251 e. The highest BCUT2D eigenvalue weighted by molar-refractivity contribution is 5.94. The number of carbonyl (C=O) groups excluding carboxylic acids is 1. The first-order valence-electron chi connectivity index (χ1n) is 10.8. The topological polar surface area (TPSA) is 101 Å². The van der Waals surface area contributed by atoms with Crippen LogP contribution >= 0.6 is 0 Å². The summed E-state index contributed by atoms with van der Waals surface area (Å²) in [7, 11) is 3.23. The van der Waals surface area contributed by atoms with Crippen LogP contribution < -0.4 is 20.7 Å². The van der Waals surface area contributed by atoms with Crippen molar-refractivity contribution in [2.24, 2.45) is 0 Å². The van der Waals surface area contributed by atoms with E-state index in [-0.39, 0.29) is 11.8 Å². The van der Waals surface area contributed by atoms with Crippen LogP contribution in [-0.4, -0.2) is 47.6 Å². The van der Waals surface area contributed by atoms with Crippen LogP contribution in [0.4, 0.5) is 11.6 Å². The van der Waals surface area contributed by atoms with Gasteiger partial charge in [-0.15, -0.1) is 0 Å². The summed E-state index contributed by atoms with van der Waals surface area (Å²) in [6.45, 7) is 2.75. The Labute approximate surface area is 187 Å². The summed E-state index contributed by atoms with van der Waals surface area (Å²) in [6, 6.07) is 12.0. The molecule has 2 aromatic heterocycles. The van der Waals surface area contributed by atoms with Crippen molar-refractivity contribution in [3.05, 3.63) is 60.0 Å². The molecule has 0 saturated heterocycles. The van der Waals surface area contributed by atoms with E-state index < -0.39 is 0 Å². The fraction of sp³-hybridized carbons (Fsp3) is 0.333. The molecule has 0 radical (unpaired) electrons. The number of nitrogens with one attached hydrogen (secondary N) is 3. The number of anilines is 2. The van der Waals surface area contributed by atoms with Crippen LogP contribution in [0.25, 0.3) is 11.3 Å². The monoisotopic (exact) mass is 432 g/mol. The lowest BCUT2D eigenvalue weighted by Crippen LogP contribution is -2.18. The maximum absolute atomic E-state index is 11.9. The van der Waals surface area contributed by atoms with Crippen LogP contribution in [0.5, 0.6) is 5.75 Å². The molecule has 32 heavy (non-hydrogen) atoms. The van der Waals surface area contributed by atoms with Gasteiger partial charge in [0.2, 0.25) is 0 Å². The van der Waals surface area contributed by atoms with Gasteiger partial charge in [0, 0.05) is 48.9 Å². The number of pyridine rings is 1. The van der Waals surface area contributed by atoms with E-state index in [1.807, 2.05) is 36.5 Å². The van der Waals surface area contributed by atoms with E-state index in [1.165, 1.54) is 12.8 Å². The number of nitrogens with zero attached hydrogens (tertiary/aromatic N) is 3. The van der Waals surface area contributed by atoms with Crippen molar-refractivity contribution in [3.8, 4) is 17.0 Å². The maximum Gasteiger partial charge on any atom is 0.251 e. The van der Waals surface area contributed by atoms with Gasteiger partial charge in [0.1, 0.15) is 23.7 Å². The first-order valence-corrected chi connectivity index (χ1v) is 10.8. The second-order valence-electron chi connectivity index (χ2n) is 7.96. The van der Waals surface area contributed by atoms with Gasteiger partial charge < -0.3 is 20.7 Å². The third-order valence-electron chi connectivity index (χ3n) is 5.50. The van der Waals surface area contributed by atoms with Gasteiger partial charge in [-0.25, -0.2) is 15.0 Å². The second kappa shape index (κ2) is 9.64. The highest BCUT2D eigenvalue weighted by atomic mass is 16.5. The van der Waals surface area contributed by atoms with Crippen molar-refractivity contribution in [2.45, 2.75) is 31.7 Å². The van der Waals surface area contributed by atoms with Gasteiger partial charge in [-0.05, 0) is 42.7 Å². The Hall–Kier alpha value is -3.68. The molecule has 1 saturated carbocycles. The number of hydrogen-bond donors (Lipinski definition) is 3. The predicted molar refractivity (Wildman–Crippen MR) is 125 cm³/mol. The summed E-state index contributed by atoms with van der Waals surface area (Å²) in [5.41, 5.74) is 3.34. The van der Waals surface area contributed by atoms with Crippen LogP contribution in [0.3, 0.4) is 0 Å². The molecule has 166 valence electrons. The van der Waals surface area contributed by atoms with Crippen LogP contribution in [0.2, 0.25) is 0 Å². The van der Waals surface area contributed by atoms with E-state index in [2.05, 4.69) is 37.8 Å². The lowest BCUT2D eigenvalue weighted by molar-refractivity contribution is 0.0962. The quantitative estimate of drug-likeness (QED) is 0.474. The SMILES string of the molecule is CNC(=O)c1ccc([C@H](C)CNc2cc(-c3ccc(NC4CC4)nc3)ncn2)c(OC)c1. The zero-order valence-electron chi connectivity index (χ0n) is 18.6. The fourth-order valence-corrected chi connectivity index (χ4v) is 3.45. The van der Waals surface area contributed by atoms with Crippen LogP contribution in [-0.2, 0) is 0 Å². The molecule has 1 aliphatic carbocycles. The van der Waals surface area contributed by atoms with Gasteiger partial charge in [0.25, 0.3) is 5.91 Å². The molecule has 1 aliphatic rings. The maximum atomic E-state index is 11.9. The van der Waals surface area contributed by atoms with Gasteiger partial charge in [0.15, 0.2) is 0 Å². The third-order valence-corrected chi connectivity index (χ3v) is 5.50. The van der Waals surface area contributed by atoms with Gasteiger partial charge in [-0.1, -0.05) is 13.0 Å². The minimum atomic E-state index is -0.139. The van der Waals surface area contributed by atoms with Crippen molar-refractivity contribution in [3.63, 3.8) is 0 Å². The summed E-state index contributed by atoms with van der Waals surface area (Å²) < 4.78 is 5.52. The van der Waals surface area contributed by atoms with Crippen LogP contribution in [0.15, 0.2) is 48.9 Å². The highest BCUT2D eigenvalue weighted by Gasteiger charge is 2.21. The van der Waals surface area contributed by atoms with Gasteiger partial charge in [-0.3, -0.25) is 4.79 Å². The number of aromatic nitrogens is 3. The van der Waals surface area contributed by atoms with E-state index in [4.69, 9.17) is 4.74 Å². The first kappa shape index (κ1) is 21.5. The Morgan fingerprint density at radius 3 is 2.66 bits per heavy atom. The number of benzene rings is 1. The standard InChI is InChI=1S/C24H28N6O2/c1-15(19-8-4-16(24(31)25-2)10-21(19)32-3)12-26-23-11-20(28-14-29-23)17-5-9-22(27-13-17)30-18-6-7-18/h4-5,8-11,13-15,18H,6-7,12H2,1-3H3,(H,25,31)(H,27,30)(H,26,28,29)/t15-/m1/s1. The Balaban J connectivity index is 1.42. The molecule has 3 aromatic rings. The fourth-order valence-electron chi connectivity index (χ4n) is 3.45. The van der Waals surface area contributed by atoms with E-state index in [0.717, 1.165) is 28.5 Å². The lowest BCUT2D eigenvalue weighted by Gasteiger charge is -2.17. The second-order valence-corrected chi connectivity index (χ2v) is 7.96. The van der Waals surface area contributed by atoms with E-state index in [1.54, 1.807) is 26.6 Å². The number of hydrogen-bond acceptors (Lipinski definition) is 7. The molecule has 0 aliphatic heterocycles. The summed E-state index contributed by atoms with van der Waals surface area (Å²) >= 11 is 0. The lowest BCUT2D eigenvalue weighted by atomic mass is 9.98. The van der Waals surface area contributed by atoms with Crippen molar-refractivity contribution in [1.29, 1.82) is 0 Å². The number of carbonyl (C=O) groups is 1. The third kappa shape index (κ3) is 5.14. The molecule has 1 fully saturated rings. The van der Waals surface area contributed by atoms with Crippen LogP contribution in [0.1, 0.15) is 41.6 Å². The zero-order chi connectivity index (χ0) is 22.5. The minimum absolute atomic E-state index is 0.136. The number of ether oxygens (including phenoxy) is 1. The first-order chi connectivity index (χ1) is 15.6. The Bertz CT molecular complexity index is 1080. The van der Waals surface area contributed by atoms with Crippen molar-refractivity contribution in [2.75, 3.05) is 31.3 Å². The Kier molecular flexibility index (Phi) is 6.49. The number of amides is 1. The van der Waals surface area contributed by atoms with E-state index in [9.17, 15) is 4.79 Å². The average molecular weight is 433 g/mol. The Morgan fingerprint density at radius 2 is 1.97 bits per heavy atom. The molecule has 1 atom stereocenters. The molecule has 2 heterocycles. The highest BCUT2D eigenvalue weighted by Crippen LogP contribution is 2.29. The molecule has 0 unspecified atom stereocenters. The zero-order valence-corrected chi connectivity index (χ0v) is 18.6. The van der Waals surface area contributed by atoms with Crippen molar-refractivity contribution in [1.82, 2.24) is 20.3 Å².